The summed E-state index contributed by atoms with van der Waals surface area (Å²) in [6.07, 6.45) is 6.79. The zero-order valence-corrected chi connectivity index (χ0v) is 20.4. The molecule has 33 heavy (non-hydrogen) atoms. The molecule has 1 aromatic rings. The molecule has 0 radical (unpaired) electrons. The van der Waals surface area contributed by atoms with Crippen molar-refractivity contribution < 1.29 is 22.7 Å². The van der Waals surface area contributed by atoms with Crippen molar-refractivity contribution in [1.29, 1.82) is 0 Å². The maximum atomic E-state index is 13.4. The molecule has 2 atom stereocenters. The van der Waals surface area contributed by atoms with Gasteiger partial charge in [0.1, 0.15) is 6.54 Å². The molecule has 0 spiro atoms. The SMILES string of the molecule is O=C1CSc2ccc(S(=O)(=O)N3CCOCC3)cc2N1CC(=O)N1CCC[C@@H]2CCCC[C@@H]21. The Morgan fingerprint density at radius 3 is 2.64 bits per heavy atom. The van der Waals surface area contributed by atoms with Crippen LogP contribution in [0.1, 0.15) is 38.5 Å². The van der Waals surface area contributed by atoms with E-state index in [1.807, 2.05) is 4.90 Å². The van der Waals surface area contributed by atoms with Gasteiger partial charge in [-0.1, -0.05) is 12.8 Å². The minimum Gasteiger partial charge on any atom is -0.379 e. The fraction of sp³-hybridized carbons (Fsp3) is 0.652. The minimum absolute atomic E-state index is 0.0285. The van der Waals surface area contributed by atoms with Crippen LogP contribution in [0.3, 0.4) is 0 Å². The summed E-state index contributed by atoms with van der Waals surface area (Å²) in [7, 11) is -3.69. The molecule has 5 rings (SSSR count). The third kappa shape index (κ3) is 4.54. The molecule has 2 saturated heterocycles. The van der Waals surface area contributed by atoms with Gasteiger partial charge in [-0.2, -0.15) is 4.31 Å². The number of fused-ring (bicyclic) bond motifs is 2. The minimum atomic E-state index is -3.69. The van der Waals surface area contributed by atoms with Gasteiger partial charge in [-0.05, 0) is 49.8 Å². The predicted octanol–water partition coefficient (Wildman–Crippen LogP) is 2.33. The second-order valence-corrected chi connectivity index (χ2v) is 12.2. The summed E-state index contributed by atoms with van der Waals surface area (Å²) >= 11 is 1.39. The molecule has 1 aliphatic carbocycles. The lowest BCUT2D eigenvalue weighted by Crippen LogP contribution is -2.53. The molecule has 0 aromatic heterocycles. The van der Waals surface area contributed by atoms with E-state index < -0.39 is 10.0 Å². The van der Waals surface area contributed by atoms with Crippen LogP contribution in [0.15, 0.2) is 28.0 Å². The zero-order valence-electron chi connectivity index (χ0n) is 18.8. The summed E-state index contributed by atoms with van der Waals surface area (Å²) in [5.74, 6) is 0.641. The fourth-order valence-electron chi connectivity index (χ4n) is 5.61. The van der Waals surface area contributed by atoms with Gasteiger partial charge >= 0.3 is 0 Å². The summed E-state index contributed by atoms with van der Waals surface area (Å²) in [4.78, 5) is 30.7. The monoisotopic (exact) mass is 493 g/mol. The van der Waals surface area contributed by atoms with Crippen molar-refractivity contribution in [2.75, 3.05) is 50.0 Å². The average molecular weight is 494 g/mol. The molecule has 8 nitrogen and oxygen atoms in total. The first-order chi connectivity index (χ1) is 15.9. The highest BCUT2D eigenvalue weighted by atomic mass is 32.2. The molecule has 180 valence electrons. The van der Waals surface area contributed by atoms with Crippen molar-refractivity contribution in [3.63, 3.8) is 0 Å². The van der Waals surface area contributed by atoms with Gasteiger partial charge in [0.05, 0.1) is 29.5 Å². The van der Waals surface area contributed by atoms with Gasteiger partial charge < -0.3 is 14.5 Å². The van der Waals surface area contributed by atoms with Crippen LogP contribution in [-0.2, 0) is 24.3 Å². The highest BCUT2D eigenvalue weighted by molar-refractivity contribution is 8.00. The number of piperidine rings is 1. The number of carbonyl (C=O) groups excluding carboxylic acids is 2. The van der Waals surface area contributed by atoms with E-state index in [9.17, 15) is 18.0 Å². The zero-order chi connectivity index (χ0) is 23.0. The quantitative estimate of drug-likeness (QED) is 0.640. The lowest BCUT2D eigenvalue weighted by molar-refractivity contribution is -0.137. The molecule has 0 bridgehead atoms. The molecule has 3 aliphatic heterocycles. The lowest BCUT2D eigenvalue weighted by atomic mass is 9.78. The molecular weight excluding hydrogens is 462 g/mol. The summed E-state index contributed by atoms with van der Waals surface area (Å²) in [5.41, 5.74) is 0.524. The second kappa shape index (κ2) is 9.56. The topological polar surface area (TPSA) is 87.2 Å². The predicted molar refractivity (Wildman–Crippen MR) is 126 cm³/mol. The first-order valence-electron chi connectivity index (χ1n) is 11.9. The van der Waals surface area contributed by atoms with Crippen LogP contribution in [0.25, 0.3) is 0 Å². The third-order valence-corrected chi connectivity index (χ3v) is 10.3. The van der Waals surface area contributed by atoms with Crippen molar-refractivity contribution in [3.8, 4) is 0 Å². The van der Waals surface area contributed by atoms with E-state index in [0.717, 1.165) is 30.7 Å². The first kappa shape index (κ1) is 23.1. The molecule has 2 amide bonds. The van der Waals surface area contributed by atoms with E-state index in [1.54, 1.807) is 18.2 Å². The number of anilines is 1. The Labute approximate surface area is 199 Å². The number of morpholine rings is 1. The van der Waals surface area contributed by atoms with Gasteiger partial charge in [0.25, 0.3) is 0 Å². The molecule has 1 saturated carbocycles. The molecular formula is C23H31N3O5S2. The fourth-order valence-corrected chi connectivity index (χ4v) is 7.96. The van der Waals surface area contributed by atoms with Gasteiger partial charge in [0, 0.05) is 30.6 Å². The van der Waals surface area contributed by atoms with Gasteiger partial charge in [-0.25, -0.2) is 8.42 Å². The second-order valence-electron chi connectivity index (χ2n) is 9.26. The molecule has 0 N–H and O–H groups in total. The van der Waals surface area contributed by atoms with Gasteiger partial charge in [-0.15, -0.1) is 11.8 Å². The largest absolute Gasteiger partial charge is 0.379 e. The van der Waals surface area contributed by atoms with E-state index in [0.29, 0.717) is 37.9 Å². The highest BCUT2D eigenvalue weighted by Gasteiger charge is 2.38. The summed E-state index contributed by atoms with van der Waals surface area (Å²) in [5, 5.41) is 0. The maximum Gasteiger partial charge on any atom is 0.243 e. The summed E-state index contributed by atoms with van der Waals surface area (Å²) in [6, 6.07) is 5.21. The van der Waals surface area contributed by atoms with E-state index in [4.69, 9.17) is 4.74 Å². The Kier molecular flexibility index (Phi) is 6.70. The van der Waals surface area contributed by atoms with Crippen molar-refractivity contribution >= 4 is 39.3 Å². The van der Waals surface area contributed by atoms with Crippen molar-refractivity contribution in [2.45, 2.75) is 54.4 Å². The number of ether oxygens (including phenoxy) is 1. The molecule has 3 heterocycles. The van der Waals surface area contributed by atoms with Crippen molar-refractivity contribution in [1.82, 2.24) is 9.21 Å². The Morgan fingerprint density at radius 1 is 1.06 bits per heavy atom. The van der Waals surface area contributed by atoms with Crippen LogP contribution >= 0.6 is 11.8 Å². The van der Waals surface area contributed by atoms with E-state index in [1.165, 1.54) is 40.2 Å². The molecule has 4 aliphatic rings. The van der Waals surface area contributed by atoms with Crippen LogP contribution < -0.4 is 4.90 Å². The Hall–Kier alpha value is -1.62. The number of hydrogen-bond acceptors (Lipinski definition) is 6. The summed E-state index contributed by atoms with van der Waals surface area (Å²) < 4.78 is 33.1. The number of sulfonamides is 1. The molecule has 1 aromatic carbocycles. The number of benzene rings is 1. The lowest BCUT2D eigenvalue weighted by Gasteiger charge is -2.44. The van der Waals surface area contributed by atoms with Crippen LogP contribution in [-0.4, -0.2) is 80.6 Å². The number of rotatable bonds is 4. The van der Waals surface area contributed by atoms with Crippen molar-refractivity contribution in [3.05, 3.63) is 18.2 Å². The Morgan fingerprint density at radius 2 is 1.82 bits per heavy atom. The first-order valence-corrected chi connectivity index (χ1v) is 14.3. The number of hydrogen-bond donors (Lipinski definition) is 0. The van der Waals surface area contributed by atoms with Gasteiger partial charge in [0.2, 0.25) is 21.8 Å². The molecule has 10 heteroatoms. The summed E-state index contributed by atoms with van der Waals surface area (Å²) in [6.45, 7) is 2.08. The third-order valence-electron chi connectivity index (χ3n) is 7.34. The Bertz CT molecular complexity index is 1020. The number of carbonyl (C=O) groups is 2. The van der Waals surface area contributed by atoms with Crippen LogP contribution in [0, 0.1) is 5.92 Å². The molecule has 3 fully saturated rings. The number of nitrogens with zero attached hydrogens (tertiary/aromatic N) is 3. The Balaban J connectivity index is 1.40. The average Bonchev–Trinajstić information content (AvgIpc) is 2.85. The van der Waals surface area contributed by atoms with Crippen LogP contribution in [0.4, 0.5) is 5.69 Å². The van der Waals surface area contributed by atoms with Gasteiger partial charge in [-0.3, -0.25) is 9.59 Å². The number of likely N-dealkylation sites (tertiary alicyclic amines) is 1. The van der Waals surface area contributed by atoms with Gasteiger partial charge in [0.15, 0.2) is 0 Å². The van der Waals surface area contributed by atoms with E-state index in [-0.39, 0.29) is 35.0 Å². The maximum absolute atomic E-state index is 13.4. The van der Waals surface area contributed by atoms with Crippen molar-refractivity contribution in [2.24, 2.45) is 5.92 Å². The van der Waals surface area contributed by atoms with Crippen LogP contribution in [0.2, 0.25) is 0 Å². The van der Waals surface area contributed by atoms with E-state index >= 15 is 0 Å². The highest BCUT2D eigenvalue weighted by Crippen LogP contribution is 2.39. The smallest absolute Gasteiger partial charge is 0.243 e. The van der Waals surface area contributed by atoms with E-state index in [2.05, 4.69) is 0 Å². The molecule has 0 unspecified atom stereocenters. The van der Waals surface area contributed by atoms with Crippen LogP contribution in [0.5, 0.6) is 0 Å². The number of thioether (sulfide) groups is 1. The number of amides is 2. The standard InChI is InChI=1S/C23H31N3O5S2/c27-22(25-9-3-5-17-4-1-2-6-19(17)25)15-26-20-14-18(7-8-21(20)32-16-23(26)28)33(29,30)24-10-12-31-13-11-24/h7-8,14,17,19H,1-6,9-13,15-16H2/t17-,19-/m0/s1. The normalized spacial score (nSPS) is 26.6.